The van der Waals surface area contributed by atoms with Crippen molar-refractivity contribution >= 4 is 17.9 Å². The Hall–Kier alpha value is -3.18. The quantitative estimate of drug-likeness (QED) is 0.762. The molecule has 12 heteroatoms. The van der Waals surface area contributed by atoms with Gasteiger partial charge in [0.05, 0.1) is 5.56 Å². The standard InChI is InChI=1S/C15H10F6N4O2/c1-7-5-10(15(19,20)21)23-12(22-7)25-13(27)24-11(26)8-3-2-4-9(6-8)14(16,17)18/h2-6H,1H3,(H2,22,23,24,25,26,27). The summed E-state index contributed by atoms with van der Waals surface area (Å²) in [6.07, 6.45) is -9.48. The maximum absolute atomic E-state index is 12.7. The zero-order valence-electron chi connectivity index (χ0n) is 13.4. The number of alkyl halides is 6. The van der Waals surface area contributed by atoms with E-state index in [9.17, 15) is 35.9 Å². The second-order valence-corrected chi connectivity index (χ2v) is 5.20. The van der Waals surface area contributed by atoms with E-state index in [2.05, 4.69) is 9.97 Å². The lowest BCUT2D eigenvalue weighted by Gasteiger charge is -2.11. The minimum absolute atomic E-state index is 0.100. The van der Waals surface area contributed by atoms with Gasteiger partial charge in [0.2, 0.25) is 5.95 Å². The van der Waals surface area contributed by atoms with Gasteiger partial charge in [0.15, 0.2) is 0 Å². The normalized spacial score (nSPS) is 11.8. The molecule has 0 spiro atoms. The van der Waals surface area contributed by atoms with Crippen molar-refractivity contribution < 1.29 is 35.9 Å². The first-order chi connectivity index (χ1) is 12.4. The van der Waals surface area contributed by atoms with E-state index >= 15 is 0 Å². The first-order valence-corrected chi connectivity index (χ1v) is 7.09. The predicted molar refractivity (Wildman–Crippen MR) is 79.7 cm³/mol. The molecule has 0 aliphatic carbocycles. The number of halogens is 6. The lowest BCUT2D eigenvalue weighted by atomic mass is 10.1. The molecular formula is C15H10F6N4O2. The number of aromatic nitrogens is 2. The van der Waals surface area contributed by atoms with Gasteiger partial charge >= 0.3 is 18.4 Å². The van der Waals surface area contributed by atoms with Gasteiger partial charge in [0.25, 0.3) is 5.91 Å². The fraction of sp³-hybridized carbons (Fsp3) is 0.200. The molecule has 1 aromatic heterocycles. The number of aryl methyl sites for hydroxylation is 1. The van der Waals surface area contributed by atoms with Gasteiger partial charge in [-0.15, -0.1) is 0 Å². The molecule has 27 heavy (non-hydrogen) atoms. The van der Waals surface area contributed by atoms with Gasteiger partial charge < -0.3 is 0 Å². The first-order valence-electron chi connectivity index (χ1n) is 7.09. The molecule has 0 bridgehead atoms. The van der Waals surface area contributed by atoms with Gasteiger partial charge in [0, 0.05) is 11.3 Å². The SMILES string of the molecule is Cc1cc(C(F)(F)F)nc(NC(=O)NC(=O)c2cccc(C(F)(F)F)c2)n1. The summed E-state index contributed by atoms with van der Waals surface area (Å²) in [6, 6.07) is 2.59. The van der Waals surface area contributed by atoms with Gasteiger partial charge in [-0.2, -0.15) is 26.3 Å². The van der Waals surface area contributed by atoms with Crippen molar-refractivity contribution in [3.05, 3.63) is 52.8 Å². The van der Waals surface area contributed by atoms with Gasteiger partial charge in [-0.25, -0.2) is 14.8 Å². The highest BCUT2D eigenvalue weighted by Gasteiger charge is 2.34. The zero-order valence-corrected chi connectivity index (χ0v) is 13.4. The Morgan fingerprint density at radius 2 is 1.63 bits per heavy atom. The van der Waals surface area contributed by atoms with Gasteiger partial charge in [-0.1, -0.05) is 6.07 Å². The average Bonchev–Trinajstić information content (AvgIpc) is 2.52. The second-order valence-electron chi connectivity index (χ2n) is 5.20. The van der Waals surface area contributed by atoms with Crippen molar-refractivity contribution in [2.24, 2.45) is 0 Å². The van der Waals surface area contributed by atoms with E-state index in [1.807, 2.05) is 5.32 Å². The summed E-state index contributed by atoms with van der Waals surface area (Å²) in [6.45, 7) is 1.23. The lowest BCUT2D eigenvalue weighted by Crippen LogP contribution is -2.35. The number of rotatable bonds is 2. The third-order valence-corrected chi connectivity index (χ3v) is 3.05. The number of nitrogens with one attached hydrogen (secondary N) is 2. The lowest BCUT2D eigenvalue weighted by molar-refractivity contribution is -0.141. The number of amides is 3. The average molecular weight is 392 g/mol. The monoisotopic (exact) mass is 392 g/mol. The molecule has 0 radical (unpaired) electrons. The maximum Gasteiger partial charge on any atom is 0.433 e. The van der Waals surface area contributed by atoms with Crippen LogP contribution in [0.15, 0.2) is 30.3 Å². The van der Waals surface area contributed by atoms with Crippen LogP contribution in [0.25, 0.3) is 0 Å². The fourth-order valence-corrected chi connectivity index (χ4v) is 1.91. The van der Waals surface area contributed by atoms with Crippen molar-refractivity contribution in [1.29, 1.82) is 0 Å². The van der Waals surface area contributed by atoms with Crippen LogP contribution in [-0.2, 0) is 12.4 Å². The van der Waals surface area contributed by atoms with Crippen molar-refractivity contribution in [3.8, 4) is 0 Å². The molecule has 2 aromatic rings. The Morgan fingerprint density at radius 3 is 2.22 bits per heavy atom. The number of urea groups is 1. The van der Waals surface area contributed by atoms with Gasteiger partial charge in [-0.3, -0.25) is 15.4 Å². The highest BCUT2D eigenvalue weighted by Crippen LogP contribution is 2.30. The Kier molecular flexibility index (Phi) is 5.38. The van der Waals surface area contributed by atoms with E-state index in [1.54, 1.807) is 5.32 Å². The van der Waals surface area contributed by atoms with Gasteiger partial charge in [-0.05, 0) is 31.2 Å². The van der Waals surface area contributed by atoms with Gasteiger partial charge in [0.1, 0.15) is 5.69 Å². The molecule has 0 saturated carbocycles. The van der Waals surface area contributed by atoms with Crippen LogP contribution < -0.4 is 10.6 Å². The van der Waals surface area contributed by atoms with Crippen molar-refractivity contribution in [2.75, 3.05) is 5.32 Å². The third-order valence-electron chi connectivity index (χ3n) is 3.05. The summed E-state index contributed by atoms with van der Waals surface area (Å²) in [5.41, 5.74) is -2.99. The largest absolute Gasteiger partial charge is 0.433 e. The number of carbonyl (C=O) groups excluding carboxylic acids is 2. The minimum Gasteiger partial charge on any atom is -0.276 e. The molecule has 144 valence electrons. The number of benzene rings is 1. The molecule has 2 rings (SSSR count). The van der Waals surface area contributed by atoms with Crippen LogP contribution in [0.3, 0.4) is 0 Å². The summed E-state index contributed by atoms with van der Waals surface area (Å²) >= 11 is 0. The van der Waals surface area contributed by atoms with E-state index < -0.39 is 47.1 Å². The molecule has 0 fully saturated rings. The molecule has 0 saturated heterocycles. The highest BCUT2D eigenvalue weighted by molar-refractivity contribution is 6.07. The maximum atomic E-state index is 12.7. The van der Waals surface area contributed by atoms with Crippen LogP contribution in [0.1, 0.15) is 27.3 Å². The Morgan fingerprint density at radius 1 is 0.963 bits per heavy atom. The smallest absolute Gasteiger partial charge is 0.276 e. The number of imide groups is 1. The summed E-state index contributed by atoms with van der Waals surface area (Å²) in [5, 5.41) is 3.51. The molecule has 2 N–H and O–H groups in total. The molecule has 6 nitrogen and oxygen atoms in total. The van der Waals surface area contributed by atoms with Crippen LogP contribution in [0.2, 0.25) is 0 Å². The summed E-state index contributed by atoms with van der Waals surface area (Å²) in [5.74, 6) is -1.92. The Bertz CT molecular complexity index is 879. The fourth-order valence-electron chi connectivity index (χ4n) is 1.91. The molecule has 0 unspecified atom stereocenters. The van der Waals surface area contributed by atoms with Crippen LogP contribution in [-0.4, -0.2) is 21.9 Å². The van der Waals surface area contributed by atoms with Crippen LogP contribution in [0.5, 0.6) is 0 Å². The zero-order chi connectivity index (χ0) is 20.4. The Labute approximate surface area is 147 Å². The molecule has 1 heterocycles. The topological polar surface area (TPSA) is 84.0 Å². The second kappa shape index (κ2) is 7.21. The van der Waals surface area contributed by atoms with Crippen LogP contribution in [0, 0.1) is 6.92 Å². The van der Waals surface area contributed by atoms with Crippen LogP contribution in [0.4, 0.5) is 37.1 Å². The minimum atomic E-state index is -4.78. The number of hydrogen-bond donors (Lipinski definition) is 2. The first kappa shape index (κ1) is 20.1. The van der Waals surface area contributed by atoms with E-state index in [0.29, 0.717) is 12.1 Å². The summed E-state index contributed by atoms with van der Waals surface area (Å²) in [7, 11) is 0. The number of nitrogens with zero attached hydrogens (tertiary/aromatic N) is 2. The van der Waals surface area contributed by atoms with Crippen LogP contribution >= 0.6 is 0 Å². The summed E-state index contributed by atoms with van der Waals surface area (Å²) in [4.78, 5) is 30.3. The van der Waals surface area contributed by atoms with E-state index in [0.717, 1.165) is 18.2 Å². The van der Waals surface area contributed by atoms with Crippen molar-refractivity contribution in [1.82, 2.24) is 15.3 Å². The molecule has 0 atom stereocenters. The number of carbonyl (C=O) groups is 2. The van der Waals surface area contributed by atoms with E-state index in [-0.39, 0.29) is 5.69 Å². The molecule has 0 aliphatic heterocycles. The predicted octanol–water partition coefficient (Wildman–Crippen LogP) is 3.78. The number of hydrogen-bond acceptors (Lipinski definition) is 4. The molecule has 3 amide bonds. The van der Waals surface area contributed by atoms with E-state index in [1.165, 1.54) is 6.92 Å². The molecular weight excluding hydrogens is 382 g/mol. The number of anilines is 1. The highest BCUT2D eigenvalue weighted by atomic mass is 19.4. The van der Waals surface area contributed by atoms with E-state index in [4.69, 9.17) is 0 Å². The molecule has 1 aromatic carbocycles. The third kappa shape index (κ3) is 5.39. The van der Waals surface area contributed by atoms with Crippen molar-refractivity contribution in [3.63, 3.8) is 0 Å². The Balaban J connectivity index is 2.12. The molecule has 0 aliphatic rings. The van der Waals surface area contributed by atoms with Crippen molar-refractivity contribution in [2.45, 2.75) is 19.3 Å². The summed E-state index contributed by atoms with van der Waals surface area (Å²) < 4.78 is 76.0.